The van der Waals surface area contributed by atoms with Crippen LogP contribution < -0.4 is 15.4 Å². The van der Waals surface area contributed by atoms with Crippen LogP contribution >= 0.6 is 24.0 Å². The quantitative estimate of drug-likeness (QED) is 0.298. The van der Waals surface area contributed by atoms with Crippen LogP contribution in [0.3, 0.4) is 0 Å². The molecule has 9 heteroatoms. The summed E-state index contributed by atoms with van der Waals surface area (Å²) in [6, 6.07) is 4.57. The third-order valence-corrected chi connectivity index (χ3v) is 3.07. The molecule has 0 saturated heterocycles. The summed E-state index contributed by atoms with van der Waals surface area (Å²) in [6.45, 7) is 7.39. The van der Waals surface area contributed by atoms with E-state index in [1.807, 2.05) is 20.8 Å². The fourth-order valence-electron chi connectivity index (χ4n) is 1.84. The number of ether oxygens (including phenoxy) is 1. The molecular formula is C17H27F3IN3O2. The summed E-state index contributed by atoms with van der Waals surface area (Å²) < 4.78 is 43.2. The molecule has 3 N–H and O–H groups in total. The van der Waals surface area contributed by atoms with Crippen molar-refractivity contribution in [1.82, 2.24) is 10.6 Å². The summed E-state index contributed by atoms with van der Waals surface area (Å²) >= 11 is 0. The lowest BCUT2D eigenvalue weighted by atomic mass is 10.2. The predicted molar refractivity (Wildman–Crippen MR) is 107 cm³/mol. The number of alkyl halides is 3. The lowest BCUT2D eigenvalue weighted by molar-refractivity contribution is -0.137. The SMILES string of the molecule is CCNC(=NCC(C)C)NCC(O)COc1cccc(C(F)(F)F)c1.I. The average molecular weight is 489 g/mol. The fraction of sp³-hybridized carbons (Fsp3) is 0.588. The molecule has 0 spiro atoms. The van der Waals surface area contributed by atoms with Crippen molar-refractivity contribution in [2.75, 3.05) is 26.2 Å². The van der Waals surface area contributed by atoms with Gasteiger partial charge >= 0.3 is 6.18 Å². The van der Waals surface area contributed by atoms with Gasteiger partial charge in [0.25, 0.3) is 0 Å². The van der Waals surface area contributed by atoms with E-state index in [1.54, 1.807) is 0 Å². The van der Waals surface area contributed by atoms with E-state index in [-0.39, 0.29) is 42.9 Å². The number of hydrogen-bond donors (Lipinski definition) is 3. The molecule has 0 radical (unpaired) electrons. The molecule has 1 unspecified atom stereocenters. The fourth-order valence-corrected chi connectivity index (χ4v) is 1.84. The molecular weight excluding hydrogens is 462 g/mol. The number of guanidine groups is 1. The number of aliphatic imine (C=N–C) groups is 1. The van der Waals surface area contributed by atoms with Gasteiger partial charge in [0, 0.05) is 19.6 Å². The lowest BCUT2D eigenvalue weighted by Crippen LogP contribution is -2.42. The molecule has 0 amide bonds. The van der Waals surface area contributed by atoms with Gasteiger partial charge in [-0.3, -0.25) is 4.99 Å². The number of aliphatic hydroxyl groups excluding tert-OH is 1. The molecule has 26 heavy (non-hydrogen) atoms. The van der Waals surface area contributed by atoms with E-state index >= 15 is 0 Å². The summed E-state index contributed by atoms with van der Waals surface area (Å²) in [6.07, 6.45) is -5.31. The molecule has 1 atom stereocenters. The molecule has 0 aliphatic heterocycles. The van der Waals surface area contributed by atoms with Gasteiger partial charge in [-0.05, 0) is 31.0 Å². The molecule has 0 aromatic heterocycles. The Bertz CT molecular complexity index is 554. The zero-order valence-electron chi connectivity index (χ0n) is 15.1. The van der Waals surface area contributed by atoms with Crippen LogP contribution in [0.15, 0.2) is 29.3 Å². The first-order valence-electron chi connectivity index (χ1n) is 8.22. The second-order valence-corrected chi connectivity index (χ2v) is 5.98. The number of aliphatic hydroxyl groups is 1. The van der Waals surface area contributed by atoms with Gasteiger partial charge in [0.15, 0.2) is 5.96 Å². The summed E-state index contributed by atoms with van der Waals surface area (Å²) in [5.74, 6) is 1.05. The van der Waals surface area contributed by atoms with Crippen molar-refractivity contribution in [2.45, 2.75) is 33.1 Å². The number of rotatable bonds is 8. The molecule has 1 aromatic carbocycles. The van der Waals surface area contributed by atoms with Crippen LogP contribution in [0.2, 0.25) is 0 Å². The Morgan fingerprint density at radius 3 is 2.54 bits per heavy atom. The first-order valence-corrected chi connectivity index (χ1v) is 8.22. The largest absolute Gasteiger partial charge is 0.491 e. The number of nitrogens with one attached hydrogen (secondary N) is 2. The number of hydrogen-bond acceptors (Lipinski definition) is 3. The van der Waals surface area contributed by atoms with Crippen molar-refractivity contribution >= 4 is 29.9 Å². The summed E-state index contributed by atoms with van der Waals surface area (Å²) in [5.41, 5.74) is -0.784. The van der Waals surface area contributed by atoms with Gasteiger partial charge in [0.05, 0.1) is 5.56 Å². The molecule has 150 valence electrons. The Hall–Kier alpha value is -1.23. The standard InChI is InChI=1S/C17H26F3N3O2.HI/c1-4-21-16(22-9-12(2)3)23-10-14(24)11-25-15-7-5-6-13(8-15)17(18,19)20;/h5-8,12,14,24H,4,9-11H2,1-3H3,(H2,21,22,23);1H. The highest BCUT2D eigenvalue weighted by Gasteiger charge is 2.30. The van der Waals surface area contributed by atoms with Crippen molar-refractivity contribution in [3.8, 4) is 5.75 Å². The summed E-state index contributed by atoms with van der Waals surface area (Å²) in [5, 5.41) is 16.0. The molecule has 1 aromatic rings. The monoisotopic (exact) mass is 489 g/mol. The van der Waals surface area contributed by atoms with E-state index in [0.29, 0.717) is 25.0 Å². The Morgan fingerprint density at radius 2 is 1.96 bits per heavy atom. The minimum atomic E-state index is -4.42. The Balaban J connectivity index is 0.00000625. The van der Waals surface area contributed by atoms with Crippen molar-refractivity contribution < 1.29 is 23.0 Å². The van der Waals surface area contributed by atoms with Gasteiger partial charge in [0.2, 0.25) is 0 Å². The lowest BCUT2D eigenvalue weighted by Gasteiger charge is -2.16. The highest BCUT2D eigenvalue weighted by molar-refractivity contribution is 14.0. The average Bonchev–Trinajstić information content (AvgIpc) is 2.55. The van der Waals surface area contributed by atoms with Crippen LogP contribution in [0.4, 0.5) is 13.2 Å². The predicted octanol–water partition coefficient (Wildman–Crippen LogP) is 3.27. The van der Waals surface area contributed by atoms with Crippen LogP contribution in [-0.4, -0.2) is 43.4 Å². The van der Waals surface area contributed by atoms with Gasteiger partial charge in [0.1, 0.15) is 18.5 Å². The maximum absolute atomic E-state index is 12.6. The highest BCUT2D eigenvalue weighted by atomic mass is 127. The first-order chi connectivity index (χ1) is 11.7. The van der Waals surface area contributed by atoms with Gasteiger partial charge in [-0.2, -0.15) is 13.2 Å². The third kappa shape index (κ3) is 10.0. The molecule has 0 fully saturated rings. The second-order valence-electron chi connectivity index (χ2n) is 5.98. The Kier molecular flexibility index (Phi) is 11.6. The van der Waals surface area contributed by atoms with Crippen molar-refractivity contribution in [3.05, 3.63) is 29.8 Å². The first kappa shape index (κ1) is 24.8. The van der Waals surface area contributed by atoms with E-state index in [4.69, 9.17) is 4.74 Å². The van der Waals surface area contributed by atoms with Crippen LogP contribution in [0.1, 0.15) is 26.3 Å². The summed E-state index contributed by atoms with van der Waals surface area (Å²) in [7, 11) is 0. The Labute approximate surface area is 169 Å². The van der Waals surface area contributed by atoms with Crippen molar-refractivity contribution in [1.29, 1.82) is 0 Å². The molecule has 1 rings (SSSR count). The minimum absolute atomic E-state index is 0. The highest BCUT2D eigenvalue weighted by Crippen LogP contribution is 2.31. The van der Waals surface area contributed by atoms with Crippen LogP contribution in [-0.2, 0) is 6.18 Å². The van der Waals surface area contributed by atoms with E-state index < -0.39 is 17.8 Å². The molecule has 0 bridgehead atoms. The topological polar surface area (TPSA) is 65.9 Å². The maximum Gasteiger partial charge on any atom is 0.416 e. The molecule has 5 nitrogen and oxygen atoms in total. The smallest absolute Gasteiger partial charge is 0.416 e. The molecule has 0 saturated carbocycles. The van der Waals surface area contributed by atoms with E-state index in [0.717, 1.165) is 12.1 Å². The van der Waals surface area contributed by atoms with Gasteiger partial charge in [-0.15, -0.1) is 24.0 Å². The molecule has 0 aliphatic carbocycles. The third-order valence-electron chi connectivity index (χ3n) is 3.07. The Morgan fingerprint density at radius 1 is 1.27 bits per heavy atom. The molecule has 0 aliphatic rings. The zero-order chi connectivity index (χ0) is 18.9. The zero-order valence-corrected chi connectivity index (χ0v) is 17.5. The van der Waals surface area contributed by atoms with Crippen molar-refractivity contribution in [2.24, 2.45) is 10.9 Å². The van der Waals surface area contributed by atoms with E-state index in [2.05, 4.69) is 15.6 Å². The number of benzene rings is 1. The minimum Gasteiger partial charge on any atom is -0.491 e. The van der Waals surface area contributed by atoms with Crippen LogP contribution in [0.5, 0.6) is 5.75 Å². The number of nitrogens with zero attached hydrogens (tertiary/aromatic N) is 1. The second kappa shape index (κ2) is 12.2. The van der Waals surface area contributed by atoms with E-state index in [9.17, 15) is 18.3 Å². The van der Waals surface area contributed by atoms with Gasteiger partial charge in [-0.25, -0.2) is 0 Å². The van der Waals surface area contributed by atoms with E-state index in [1.165, 1.54) is 12.1 Å². The van der Waals surface area contributed by atoms with Gasteiger partial charge in [-0.1, -0.05) is 19.9 Å². The van der Waals surface area contributed by atoms with Crippen LogP contribution in [0.25, 0.3) is 0 Å². The van der Waals surface area contributed by atoms with Crippen molar-refractivity contribution in [3.63, 3.8) is 0 Å². The summed E-state index contributed by atoms with van der Waals surface area (Å²) in [4.78, 5) is 4.36. The molecule has 0 heterocycles. The van der Waals surface area contributed by atoms with Gasteiger partial charge < -0.3 is 20.5 Å². The maximum atomic E-state index is 12.6. The van der Waals surface area contributed by atoms with Crippen LogP contribution in [0, 0.1) is 5.92 Å². The number of halogens is 4. The normalized spacial score (nSPS) is 13.2.